The molecular formula is C18H28N6O. The second-order valence-electron chi connectivity index (χ2n) is 6.36. The van der Waals surface area contributed by atoms with E-state index in [-0.39, 0.29) is 11.9 Å². The summed E-state index contributed by atoms with van der Waals surface area (Å²) >= 11 is 0. The van der Waals surface area contributed by atoms with Crippen LogP contribution in [0.4, 0.5) is 17.1 Å². The van der Waals surface area contributed by atoms with E-state index in [0.717, 1.165) is 31.6 Å². The van der Waals surface area contributed by atoms with E-state index >= 15 is 0 Å². The normalized spacial score (nSPS) is 15.0. The van der Waals surface area contributed by atoms with Gasteiger partial charge in [-0.25, -0.2) is 0 Å². The monoisotopic (exact) mass is 344 g/mol. The molecule has 0 radical (unpaired) electrons. The molecule has 1 aliphatic rings. The highest BCUT2D eigenvalue weighted by Gasteiger charge is 2.21. The molecule has 7 nitrogen and oxygen atoms in total. The largest absolute Gasteiger partial charge is 0.371 e. The van der Waals surface area contributed by atoms with Gasteiger partial charge in [-0.05, 0) is 51.2 Å². The van der Waals surface area contributed by atoms with Crippen LogP contribution in [0, 0.1) is 5.41 Å². The average molecular weight is 344 g/mol. The van der Waals surface area contributed by atoms with Gasteiger partial charge in [0.15, 0.2) is 5.96 Å². The second kappa shape index (κ2) is 8.53. The molecule has 0 atom stereocenters. The molecule has 0 aromatic heterocycles. The van der Waals surface area contributed by atoms with E-state index in [1.807, 2.05) is 18.2 Å². The minimum Gasteiger partial charge on any atom is -0.371 e. The number of nitrogens with zero attached hydrogens (tertiary/aromatic N) is 2. The fraction of sp³-hybridized carbons (Fsp3) is 0.444. The zero-order valence-electron chi connectivity index (χ0n) is 15.2. The van der Waals surface area contributed by atoms with Gasteiger partial charge in [-0.15, -0.1) is 0 Å². The topological polar surface area (TPSA) is 83.5 Å². The molecule has 7 heteroatoms. The molecule has 2 rings (SSSR count). The minimum absolute atomic E-state index is 0.161. The standard InChI is InChI=1S/C18H28N6O/c1-5-17(25)21-16-12-14(6-7-15(16)22-18(19)20-2)24-10-8-13(9-11-24)23(3)4/h5-7,12-13H,1,8-11H2,2-4H3,(H,21,25)(H3,19,20,22). The highest BCUT2D eigenvalue weighted by Crippen LogP contribution is 2.30. The van der Waals surface area contributed by atoms with Crippen LogP contribution in [0.25, 0.3) is 0 Å². The van der Waals surface area contributed by atoms with Crippen molar-refractivity contribution in [3.63, 3.8) is 0 Å². The molecule has 1 heterocycles. The first kappa shape index (κ1) is 18.8. The van der Waals surface area contributed by atoms with Crippen LogP contribution in [0.15, 0.2) is 30.9 Å². The molecule has 136 valence electrons. The van der Waals surface area contributed by atoms with Gasteiger partial charge in [0.2, 0.25) is 5.91 Å². The van der Waals surface area contributed by atoms with Gasteiger partial charge in [-0.3, -0.25) is 10.2 Å². The first-order chi connectivity index (χ1) is 11.9. The van der Waals surface area contributed by atoms with Crippen molar-refractivity contribution in [2.24, 2.45) is 0 Å². The van der Waals surface area contributed by atoms with Crippen LogP contribution in [0.2, 0.25) is 0 Å². The van der Waals surface area contributed by atoms with Gasteiger partial charge in [0.25, 0.3) is 0 Å². The summed E-state index contributed by atoms with van der Waals surface area (Å²) in [4.78, 5) is 16.4. The van der Waals surface area contributed by atoms with Crippen LogP contribution in [0.3, 0.4) is 0 Å². The third kappa shape index (κ3) is 4.96. The van der Waals surface area contributed by atoms with Crippen molar-refractivity contribution < 1.29 is 4.79 Å². The highest BCUT2D eigenvalue weighted by atomic mass is 16.1. The summed E-state index contributed by atoms with van der Waals surface area (Å²) in [6, 6.07) is 6.47. The van der Waals surface area contributed by atoms with Crippen molar-refractivity contribution in [3.05, 3.63) is 30.9 Å². The zero-order chi connectivity index (χ0) is 18.4. The van der Waals surface area contributed by atoms with Crippen LogP contribution >= 0.6 is 0 Å². The van der Waals surface area contributed by atoms with Crippen molar-refractivity contribution in [2.45, 2.75) is 18.9 Å². The lowest BCUT2D eigenvalue weighted by molar-refractivity contribution is -0.111. The predicted molar refractivity (Wildman–Crippen MR) is 105 cm³/mol. The first-order valence-corrected chi connectivity index (χ1v) is 8.46. The van der Waals surface area contributed by atoms with E-state index in [1.165, 1.54) is 6.08 Å². The SMILES string of the molecule is C=CC(=O)Nc1cc(N2CCC(N(C)C)CC2)ccc1NC(=N)NC. The molecular weight excluding hydrogens is 316 g/mol. The number of carbonyl (C=O) groups is 1. The smallest absolute Gasteiger partial charge is 0.247 e. The van der Waals surface area contributed by atoms with E-state index in [0.29, 0.717) is 17.4 Å². The Hall–Kier alpha value is -2.54. The molecule has 1 saturated heterocycles. The van der Waals surface area contributed by atoms with E-state index in [9.17, 15) is 4.79 Å². The first-order valence-electron chi connectivity index (χ1n) is 8.46. The molecule has 1 amide bonds. The summed E-state index contributed by atoms with van der Waals surface area (Å²) < 4.78 is 0. The van der Waals surface area contributed by atoms with Crippen LogP contribution in [0.5, 0.6) is 0 Å². The van der Waals surface area contributed by atoms with Gasteiger partial charge < -0.3 is 25.8 Å². The zero-order valence-corrected chi connectivity index (χ0v) is 15.2. The maximum atomic E-state index is 11.7. The number of piperidine rings is 1. The number of benzene rings is 1. The van der Waals surface area contributed by atoms with Crippen molar-refractivity contribution >= 4 is 28.9 Å². The summed E-state index contributed by atoms with van der Waals surface area (Å²) in [5.74, 6) is -0.115. The maximum Gasteiger partial charge on any atom is 0.247 e. The Labute approximate surface area is 149 Å². The predicted octanol–water partition coefficient (Wildman–Crippen LogP) is 1.91. The Morgan fingerprint density at radius 2 is 1.96 bits per heavy atom. The number of rotatable bonds is 5. The number of carbonyl (C=O) groups excluding carboxylic acids is 1. The lowest BCUT2D eigenvalue weighted by atomic mass is 10.0. The average Bonchev–Trinajstić information content (AvgIpc) is 2.62. The fourth-order valence-corrected chi connectivity index (χ4v) is 2.96. The molecule has 1 aromatic carbocycles. The lowest BCUT2D eigenvalue weighted by Crippen LogP contribution is -2.42. The molecule has 0 unspecified atom stereocenters. The van der Waals surface area contributed by atoms with E-state index in [2.05, 4.69) is 46.4 Å². The third-order valence-corrected chi connectivity index (χ3v) is 4.52. The Kier molecular flexibility index (Phi) is 6.41. The molecule has 1 aromatic rings. The van der Waals surface area contributed by atoms with Crippen molar-refractivity contribution in [2.75, 3.05) is 49.8 Å². The van der Waals surface area contributed by atoms with Gasteiger partial charge in [-0.2, -0.15) is 0 Å². The number of anilines is 3. The number of nitrogens with one attached hydrogen (secondary N) is 4. The lowest BCUT2D eigenvalue weighted by Gasteiger charge is -2.36. The Morgan fingerprint density at radius 1 is 1.28 bits per heavy atom. The summed E-state index contributed by atoms with van der Waals surface area (Å²) in [6.45, 7) is 5.46. The van der Waals surface area contributed by atoms with E-state index < -0.39 is 0 Å². The molecule has 1 aliphatic heterocycles. The summed E-state index contributed by atoms with van der Waals surface area (Å²) in [5.41, 5.74) is 2.37. The Morgan fingerprint density at radius 3 is 2.52 bits per heavy atom. The van der Waals surface area contributed by atoms with Crippen molar-refractivity contribution in [3.8, 4) is 0 Å². The van der Waals surface area contributed by atoms with Gasteiger partial charge in [-0.1, -0.05) is 6.58 Å². The minimum atomic E-state index is -0.275. The fourth-order valence-electron chi connectivity index (χ4n) is 2.96. The maximum absolute atomic E-state index is 11.7. The number of hydrogen-bond acceptors (Lipinski definition) is 4. The van der Waals surface area contributed by atoms with Gasteiger partial charge in [0, 0.05) is 31.9 Å². The molecule has 1 fully saturated rings. The summed E-state index contributed by atoms with van der Waals surface area (Å²) in [5, 5.41) is 16.2. The van der Waals surface area contributed by atoms with Crippen molar-refractivity contribution in [1.82, 2.24) is 10.2 Å². The number of guanidine groups is 1. The molecule has 0 spiro atoms. The number of hydrogen-bond donors (Lipinski definition) is 4. The van der Waals surface area contributed by atoms with Gasteiger partial charge >= 0.3 is 0 Å². The molecule has 0 aliphatic carbocycles. The van der Waals surface area contributed by atoms with E-state index in [4.69, 9.17) is 5.41 Å². The van der Waals surface area contributed by atoms with Gasteiger partial charge in [0.05, 0.1) is 11.4 Å². The van der Waals surface area contributed by atoms with Crippen molar-refractivity contribution in [1.29, 1.82) is 5.41 Å². The molecule has 4 N–H and O–H groups in total. The second-order valence-corrected chi connectivity index (χ2v) is 6.36. The van der Waals surface area contributed by atoms with Crippen LogP contribution in [-0.4, -0.2) is 57.0 Å². The van der Waals surface area contributed by atoms with Crippen LogP contribution in [-0.2, 0) is 4.79 Å². The van der Waals surface area contributed by atoms with Crippen LogP contribution < -0.4 is 20.9 Å². The van der Waals surface area contributed by atoms with E-state index in [1.54, 1.807) is 7.05 Å². The number of amides is 1. The van der Waals surface area contributed by atoms with Crippen LogP contribution in [0.1, 0.15) is 12.8 Å². The third-order valence-electron chi connectivity index (χ3n) is 4.52. The Bertz CT molecular complexity index is 634. The van der Waals surface area contributed by atoms with Gasteiger partial charge in [0.1, 0.15) is 0 Å². The quantitative estimate of drug-likeness (QED) is 0.373. The molecule has 25 heavy (non-hydrogen) atoms. The summed E-state index contributed by atoms with van der Waals surface area (Å²) in [6.07, 6.45) is 3.47. The summed E-state index contributed by atoms with van der Waals surface area (Å²) in [7, 11) is 5.92. The molecule has 0 saturated carbocycles. The Balaban J connectivity index is 2.19. The highest BCUT2D eigenvalue weighted by molar-refractivity contribution is 6.04. The molecule has 0 bridgehead atoms.